The number of carbonyl (C=O) groups is 1. The Morgan fingerprint density at radius 3 is 2.85 bits per heavy atom. The van der Waals surface area contributed by atoms with E-state index in [1.807, 2.05) is 6.92 Å². The molecule has 6 nitrogen and oxygen atoms in total. The van der Waals surface area contributed by atoms with Gasteiger partial charge in [-0.1, -0.05) is 25.5 Å². The standard InChI is InChI=1S/C12H16BN3O3.W/c1-2-3-8-15-12(18)16-13(19-9-17)10-4-6-11(14)7-5-10;/h4,6-7H,2-3,8,14H2,1H3,(H2,15,16,18);/q-2;+2. The Bertz CT molecular complexity index is 417. The van der Waals surface area contributed by atoms with E-state index in [4.69, 9.17) is 10.4 Å². The molecule has 1 aromatic rings. The fourth-order valence-corrected chi connectivity index (χ4v) is 1.38. The van der Waals surface area contributed by atoms with Crippen LogP contribution in [-0.2, 0) is 30.5 Å². The maximum Gasteiger partial charge on any atom is 2.00 e. The van der Waals surface area contributed by atoms with Crippen molar-refractivity contribution in [2.45, 2.75) is 19.8 Å². The van der Waals surface area contributed by atoms with Gasteiger partial charge in [0.05, 0.1) is 0 Å². The largest absolute Gasteiger partial charge is 2.00 e. The minimum absolute atomic E-state index is 0. The van der Waals surface area contributed by atoms with E-state index in [1.165, 1.54) is 12.5 Å². The van der Waals surface area contributed by atoms with Crippen molar-refractivity contribution in [3.8, 4) is 0 Å². The number of nitrogen functional groups attached to an aromatic ring is 1. The molecule has 2 amide bonds. The van der Waals surface area contributed by atoms with Crippen molar-refractivity contribution in [3.05, 3.63) is 24.3 Å². The number of hydrogen-bond donors (Lipinski definition) is 3. The van der Waals surface area contributed by atoms with Crippen LogP contribution < -0.4 is 21.7 Å². The Morgan fingerprint density at radius 1 is 1.55 bits per heavy atom. The second-order valence-electron chi connectivity index (χ2n) is 3.91. The van der Waals surface area contributed by atoms with Crippen molar-refractivity contribution in [1.82, 2.24) is 10.5 Å². The molecule has 0 heterocycles. The van der Waals surface area contributed by atoms with Gasteiger partial charge in [-0.2, -0.15) is 24.3 Å². The molecular formula is C12H16BN3O3W. The van der Waals surface area contributed by atoms with Gasteiger partial charge >= 0.3 is 34.1 Å². The average molecular weight is 445 g/mol. The topological polar surface area (TPSA) is 93.5 Å². The number of amides is 2. The zero-order valence-electron chi connectivity index (χ0n) is 11.1. The number of benzene rings is 1. The molecule has 0 spiro atoms. The summed E-state index contributed by atoms with van der Waals surface area (Å²) < 4.78 is 4.70. The molecule has 0 radical (unpaired) electrons. The molecule has 0 saturated carbocycles. The number of anilines is 1. The van der Waals surface area contributed by atoms with Crippen LogP contribution in [0, 0.1) is 6.07 Å². The van der Waals surface area contributed by atoms with Gasteiger partial charge in [-0.15, -0.1) is 5.46 Å². The summed E-state index contributed by atoms with van der Waals surface area (Å²) in [6.45, 7) is 3.89. The molecule has 0 aliphatic heterocycles. The van der Waals surface area contributed by atoms with Gasteiger partial charge < -0.3 is 25.7 Å². The molecule has 106 valence electrons. The van der Waals surface area contributed by atoms with Gasteiger partial charge in [0.1, 0.15) is 0 Å². The third-order valence-corrected chi connectivity index (χ3v) is 2.39. The molecule has 0 bridgehead atoms. The van der Waals surface area contributed by atoms with Gasteiger partial charge in [0.25, 0.3) is 0 Å². The van der Waals surface area contributed by atoms with Crippen LogP contribution in [0.4, 0.5) is 10.5 Å². The van der Waals surface area contributed by atoms with Crippen molar-refractivity contribution >= 4 is 30.7 Å². The number of nitrogens with one attached hydrogen (secondary N) is 2. The summed E-state index contributed by atoms with van der Waals surface area (Å²) in [7, 11) is -0.931. The minimum atomic E-state index is -0.931. The molecule has 0 aliphatic carbocycles. The fraction of sp³-hybridized carbons (Fsp3) is 0.333. The van der Waals surface area contributed by atoms with E-state index in [0.29, 0.717) is 17.7 Å². The maximum absolute atomic E-state index is 11.6. The van der Waals surface area contributed by atoms with Gasteiger partial charge in [0.15, 0.2) is 0 Å². The molecule has 0 aromatic heterocycles. The Balaban J connectivity index is 0.00000361. The van der Waals surface area contributed by atoms with Crippen LogP contribution in [-0.4, -0.2) is 26.1 Å². The maximum atomic E-state index is 11.6. The first kappa shape index (κ1) is 18.5. The van der Waals surface area contributed by atoms with Gasteiger partial charge in [-0.05, 0) is 6.42 Å². The molecule has 1 aromatic carbocycles. The summed E-state index contributed by atoms with van der Waals surface area (Å²) in [6.07, 6.45) is 1.86. The molecule has 1 rings (SSSR count). The van der Waals surface area contributed by atoms with E-state index in [0.717, 1.165) is 12.8 Å². The zero-order chi connectivity index (χ0) is 14.1. The van der Waals surface area contributed by atoms with Crippen LogP contribution in [0.1, 0.15) is 19.8 Å². The summed E-state index contributed by atoms with van der Waals surface area (Å²) in [5, 5.41) is 5.16. The molecule has 0 atom stereocenters. The third kappa shape index (κ3) is 6.61. The Morgan fingerprint density at radius 2 is 2.30 bits per heavy atom. The normalized spacial score (nSPS) is 9.05. The number of unbranched alkanes of at least 4 members (excludes halogenated alkanes) is 1. The first-order valence-electron chi connectivity index (χ1n) is 6.01. The number of urea groups is 1. The van der Waals surface area contributed by atoms with Crippen molar-refractivity contribution in [3.63, 3.8) is 0 Å². The van der Waals surface area contributed by atoms with E-state index >= 15 is 0 Å². The van der Waals surface area contributed by atoms with E-state index < -0.39 is 13.1 Å². The van der Waals surface area contributed by atoms with Gasteiger partial charge in [-0.3, -0.25) is 4.79 Å². The Kier molecular flexibility index (Phi) is 9.55. The predicted molar refractivity (Wildman–Crippen MR) is 73.3 cm³/mol. The van der Waals surface area contributed by atoms with Crippen LogP contribution in [0.5, 0.6) is 0 Å². The molecule has 20 heavy (non-hydrogen) atoms. The Labute approximate surface area is 133 Å². The van der Waals surface area contributed by atoms with Crippen LogP contribution in [0.2, 0.25) is 0 Å². The van der Waals surface area contributed by atoms with Crippen molar-refractivity contribution < 1.29 is 35.3 Å². The second-order valence-corrected chi connectivity index (χ2v) is 3.91. The van der Waals surface area contributed by atoms with Crippen LogP contribution in [0.25, 0.3) is 0 Å². The summed E-state index contributed by atoms with van der Waals surface area (Å²) in [6, 6.07) is 7.18. The summed E-state index contributed by atoms with van der Waals surface area (Å²) in [5.41, 5.74) is 6.56. The smallest absolute Gasteiger partial charge is 0.707 e. The monoisotopic (exact) mass is 445 g/mol. The first-order chi connectivity index (χ1) is 9.17. The number of rotatable bonds is 7. The zero-order valence-corrected chi connectivity index (χ0v) is 14.1. The van der Waals surface area contributed by atoms with Crippen molar-refractivity contribution in [2.24, 2.45) is 0 Å². The van der Waals surface area contributed by atoms with Crippen LogP contribution in [0.15, 0.2) is 18.2 Å². The number of hydrogen-bond acceptors (Lipinski definition) is 4. The van der Waals surface area contributed by atoms with Crippen molar-refractivity contribution in [1.29, 1.82) is 0 Å². The molecule has 0 fully saturated rings. The third-order valence-electron chi connectivity index (χ3n) is 2.39. The molecule has 4 N–H and O–H groups in total. The number of nitrogens with two attached hydrogens (primary N) is 1. The van der Waals surface area contributed by atoms with Crippen molar-refractivity contribution in [2.75, 3.05) is 12.3 Å². The quantitative estimate of drug-likeness (QED) is 0.238. The predicted octanol–water partition coefficient (Wildman–Crippen LogP) is -0.0552. The summed E-state index contributed by atoms with van der Waals surface area (Å²) in [4.78, 5) is 21.9. The number of carbonyl (C=O) groups excluding carboxylic acids is 2. The second kappa shape index (κ2) is 10.3. The van der Waals surface area contributed by atoms with Gasteiger partial charge in [-0.25, -0.2) is 0 Å². The summed E-state index contributed by atoms with van der Waals surface area (Å²) in [5.74, 6) is 0. The van der Waals surface area contributed by atoms with E-state index in [1.54, 1.807) is 12.1 Å². The molecule has 0 unspecified atom stereocenters. The van der Waals surface area contributed by atoms with Gasteiger partial charge in [0, 0.05) is 6.54 Å². The Hall–Kier alpha value is -1.49. The SMILES string of the molecule is CCCCNC(=O)NB(O[C-]=O)c1[c-]cc(N)cc1.[W+2]. The average Bonchev–Trinajstić information content (AvgIpc) is 2.39. The molecule has 0 aliphatic rings. The van der Waals surface area contributed by atoms with Gasteiger partial charge in [0.2, 0.25) is 0 Å². The molecule has 0 saturated heterocycles. The van der Waals surface area contributed by atoms with Crippen LogP contribution in [0.3, 0.4) is 0 Å². The van der Waals surface area contributed by atoms with E-state index in [2.05, 4.69) is 16.6 Å². The molecular weight excluding hydrogens is 429 g/mol. The first-order valence-corrected chi connectivity index (χ1v) is 6.01. The minimum Gasteiger partial charge on any atom is -0.707 e. The summed E-state index contributed by atoms with van der Waals surface area (Å²) >= 11 is 0. The van der Waals surface area contributed by atoms with E-state index in [9.17, 15) is 9.59 Å². The fourth-order valence-electron chi connectivity index (χ4n) is 1.38. The van der Waals surface area contributed by atoms with Crippen LogP contribution >= 0.6 is 0 Å². The molecule has 8 heteroatoms. The van der Waals surface area contributed by atoms with E-state index in [-0.39, 0.29) is 21.1 Å².